The molecule has 0 amide bonds. The van der Waals surface area contributed by atoms with E-state index in [0.717, 1.165) is 11.1 Å². The molecule has 2 rings (SSSR count). The Kier molecular flexibility index (Phi) is 5.89. The monoisotopic (exact) mass is 361 g/mol. The first-order chi connectivity index (χ1) is 11.8. The summed E-state index contributed by atoms with van der Waals surface area (Å²) in [5, 5.41) is 21.4. The van der Waals surface area contributed by atoms with E-state index < -0.39 is 40.8 Å². The molecule has 0 aliphatic carbocycles. The first-order valence-electron chi connectivity index (χ1n) is 7.38. The summed E-state index contributed by atoms with van der Waals surface area (Å²) in [6.45, 7) is 0. The standard InChI is InChI=1S/C17H17NO6S/c19-16(20)11-10-15(17(21)22)18-25(23,24)14-8-6-13(7-9-14)12-4-2-1-3-5-12/h1-9,15,18H,10-11H2,(H,19,20)(H,21,22)/p-2/t15-/m0/s1. The second-order valence-electron chi connectivity index (χ2n) is 5.29. The third-order valence-corrected chi connectivity index (χ3v) is 4.98. The molecule has 0 aromatic heterocycles. The maximum absolute atomic E-state index is 12.3. The van der Waals surface area contributed by atoms with Gasteiger partial charge in [-0.15, -0.1) is 0 Å². The van der Waals surface area contributed by atoms with Crippen molar-refractivity contribution in [2.24, 2.45) is 0 Å². The van der Waals surface area contributed by atoms with Gasteiger partial charge >= 0.3 is 0 Å². The van der Waals surface area contributed by atoms with Crippen LogP contribution in [0, 0.1) is 0 Å². The Hall–Kier alpha value is -2.71. The first-order valence-corrected chi connectivity index (χ1v) is 8.86. The van der Waals surface area contributed by atoms with Crippen molar-refractivity contribution in [1.82, 2.24) is 4.72 Å². The Labute approximate surface area is 145 Å². The number of benzene rings is 2. The van der Waals surface area contributed by atoms with E-state index in [1.54, 1.807) is 12.1 Å². The predicted molar refractivity (Wildman–Crippen MR) is 85.2 cm³/mol. The molecule has 0 aliphatic rings. The summed E-state index contributed by atoms with van der Waals surface area (Å²) >= 11 is 0. The van der Waals surface area contributed by atoms with Crippen molar-refractivity contribution in [1.29, 1.82) is 0 Å². The smallest absolute Gasteiger partial charge is 0.241 e. The molecule has 7 nitrogen and oxygen atoms in total. The van der Waals surface area contributed by atoms with E-state index >= 15 is 0 Å². The van der Waals surface area contributed by atoms with Crippen LogP contribution in [0.2, 0.25) is 0 Å². The number of carboxylic acid groups (broad SMARTS) is 2. The second-order valence-corrected chi connectivity index (χ2v) is 7.01. The van der Waals surface area contributed by atoms with Gasteiger partial charge < -0.3 is 19.8 Å². The van der Waals surface area contributed by atoms with Crippen molar-refractivity contribution < 1.29 is 28.2 Å². The quantitative estimate of drug-likeness (QED) is 0.661. The number of sulfonamides is 1. The van der Waals surface area contributed by atoms with Crippen molar-refractivity contribution in [3.8, 4) is 11.1 Å². The molecule has 0 fully saturated rings. The fourth-order valence-electron chi connectivity index (χ4n) is 2.20. The van der Waals surface area contributed by atoms with Gasteiger partial charge in [-0.3, -0.25) is 0 Å². The predicted octanol–water partition coefficient (Wildman–Crippen LogP) is -0.719. The molecule has 0 spiro atoms. The van der Waals surface area contributed by atoms with Crippen LogP contribution < -0.4 is 14.9 Å². The van der Waals surface area contributed by atoms with E-state index in [1.165, 1.54) is 12.1 Å². The van der Waals surface area contributed by atoms with Gasteiger partial charge in [-0.05, 0) is 36.1 Å². The molecule has 2 aromatic rings. The Morgan fingerprint density at radius 3 is 2.00 bits per heavy atom. The first kappa shape index (κ1) is 18.6. The zero-order valence-corrected chi connectivity index (χ0v) is 13.9. The van der Waals surface area contributed by atoms with Crippen LogP contribution in [0.25, 0.3) is 11.1 Å². The van der Waals surface area contributed by atoms with Gasteiger partial charge in [0.05, 0.1) is 16.9 Å². The zero-order valence-electron chi connectivity index (χ0n) is 13.0. The topological polar surface area (TPSA) is 126 Å². The van der Waals surface area contributed by atoms with Gasteiger partial charge in [0, 0.05) is 5.97 Å². The SMILES string of the molecule is O=C([O-])CC[C@H](NS(=O)(=O)c1ccc(-c2ccccc2)cc1)C(=O)[O-]. The largest absolute Gasteiger partial charge is 0.550 e. The number of hydrogen-bond acceptors (Lipinski definition) is 6. The van der Waals surface area contributed by atoms with Crippen LogP contribution in [0.15, 0.2) is 59.5 Å². The van der Waals surface area contributed by atoms with Gasteiger partial charge in [0.25, 0.3) is 0 Å². The van der Waals surface area contributed by atoms with Crippen LogP contribution >= 0.6 is 0 Å². The molecule has 25 heavy (non-hydrogen) atoms. The van der Waals surface area contributed by atoms with E-state index in [0.29, 0.717) is 0 Å². The van der Waals surface area contributed by atoms with Crippen molar-refractivity contribution >= 4 is 22.0 Å². The maximum atomic E-state index is 12.3. The fraction of sp³-hybridized carbons (Fsp3) is 0.176. The minimum absolute atomic E-state index is 0.133. The molecule has 0 saturated heterocycles. The highest BCUT2D eigenvalue weighted by Crippen LogP contribution is 2.21. The van der Waals surface area contributed by atoms with Crippen molar-refractivity contribution in [3.05, 3.63) is 54.6 Å². The zero-order chi connectivity index (χ0) is 18.4. The molecule has 2 aromatic carbocycles. The van der Waals surface area contributed by atoms with Gasteiger partial charge in [-0.2, -0.15) is 0 Å². The minimum atomic E-state index is -4.14. The van der Waals surface area contributed by atoms with Crippen LogP contribution in [-0.2, 0) is 19.6 Å². The lowest BCUT2D eigenvalue weighted by Gasteiger charge is -2.20. The Balaban J connectivity index is 2.18. The lowest BCUT2D eigenvalue weighted by Crippen LogP contribution is -2.48. The van der Waals surface area contributed by atoms with Gasteiger partial charge in [-0.1, -0.05) is 42.5 Å². The van der Waals surface area contributed by atoms with Crippen molar-refractivity contribution in [3.63, 3.8) is 0 Å². The van der Waals surface area contributed by atoms with Gasteiger partial charge in [0.2, 0.25) is 10.0 Å². The summed E-state index contributed by atoms with van der Waals surface area (Å²) in [4.78, 5) is 21.3. The van der Waals surface area contributed by atoms with Crippen LogP contribution in [-0.4, -0.2) is 26.4 Å². The van der Waals surface area contributed by atoms with E-state index in [1.807, 2.05) is 35.1 Å². The Morgan fingerprint density at radius 1 is 0.920 bits per heavy atom. The third kappa shape index (κ3) is 5.13. The summed E-state index contributed by atoms with van der Waals surface area (Å²) in [5.74, 6) is -3.18. The number of nitrogens with one attached hydrogen (secondary N) is 1. The number of aliphatic carboxylic acids is 2. The molecule has 0 unspecified atom stereocenters. The van der Waals surface area contributed by atoms with E-state index in [9.17, 15) is 28.2 Å². The maximum Gasteiger partial charge on any atom is 0.241 e. The molecular weight excluding hydrogens is 346 g/mol. The molecule has 0 heterocycles. The van der Waals surface area contributed by atoms with Crippen LogP contribution in [0.4, 0.5) is 0 Å². The second kappa shape index (κ2) is 7.91. The molecule has 132 valence electrons. The number of carboxylic acids is 2. The summed E-state index contributed by atoms with van der Waals surface area (Å²) < 4.78 is 26.5. The average molecular weight is 361 g/mol. The number of carbonyl (C=O) groups excluding carboxylic acids is 2. The summed E-state index contributed by atoms with van der Waals surface area (Å²) in [7, 11) is -4.14. The number of rotatable bonds is 8. The molecule has 1 N–H and O–H groups in total. The summed E-state index contributed by atoms with van der Waals surface area (Å²) in [5.41, 5.74) is 1.70. The van der Waals surface area contributed by atoms with Crippen LogP contribution in [0.5, 0.6) is 0 Å². The Morgan fingerprint density at radius 2 is 1.48 bits per heavy atom. The van der Waals surface area contributed by atoms with Crippen molar-refractivity contribution in [2.75, 3.05) is 0 Å². The number of hydrogen-bond donors (Lipinski definition) is 1. The average Bonchev–Trinajstić information content (AvgIpc) is 2.59. The summed E-state index contributed by atoms with van der Waals surface area (Å²) in [6, 6.07) is 13.5. The van der Waals surface area contributed by atoms with E-state index in [-0.39, 0.29) is 4.90 Å². The molecule has 0 saturated carbocycles. The highest BCUT2D eigenvalue weighted by atomic mass is 32.2. The van der Waals surface area contributed by atoms with Crippen LogP contribution in [0.3, 0.4) is 0 Å². The lowest BCUT2D eigenvalue weighted by molar-refractivity contribution is -0.309. The fourth-order valence-corrected chi connectivity index (χ4v) is 3.42. The molecule has 0 aliphatic heterocycles. The molecule has 0 bridgehead atoms. The molecule has 8 heteroatoms. The molecular formula is C17H15NO6S-2. The highest BCUT2D eigenvalue weighted by molar-refractivity contribution is 7.89. The summed E-state index contributed by atoms with van der Waals surface area (Å²) in [6.07, 6.45) is -1.07. The minimum Gasteiger partial charge on any atom is -0.550 e. The number of carbonyl (C=O) groups is 2. The van der Waals surface area contributed by atoms with Crippen LogP contribution in [0.1, 0.15) is 12.8 Å². The van der Waals surface area contributed by atoms with E-state index in [4.69, 9.17) is 0 Å². The normalized spacial score (nSPS) is 12.5. The molecule has 0 radical (unpaired) electrons. The lowest BCUT2D eigenvalue weighted by atomic mass is 10.1. The van der Waals surface area contributed by atoms with Crippen molar-refractivity contribution in [2.45, 2.75) is 23.8 Å². The van der Waals surface area contributed by atoms with Gasteiger partial charge in [0.1, 0.15) is 0 Å². The van der Waals surface area contributed by atoms with E-state index in [2.05, 4.69) is 0 Å². The van der Waals surface area contributed by atoms with Gasteiger partial charge in [-0.25, -0.2) is 13.1 Å². The molecule has 1 atom stereocenters. The Bertz CT molecular complexity index is 846. The highest BCUT2D eigenvalue weighted by Gasteiger charge is 2.21. The third-order valence-electron chi connectivity index (χ3n) is 3.49. The van der Waals surface area contributed by atoms with Gasteiger partial charge in [0.15, 0.2) is 0 Å².